The molecule has 1 unspecified atom stereocenters. The van der Waals surface area contributed by atoms with Crippen LogP contribution in [0.4, 0.5) is 15.8 Å². The normalized spacial score (nSPS) is 16.1. The van der Waals surface area contributed by atoms with E-state index in [-0.39, 0.29) is 22.4 Å². The summed E-state index contributed by atoms with van der Waals surface area (Å²) in [5.41, 5.74) is 9.33. The van der Waals surface area contributed by atoms with E-state index in [2.05, 4.69) is 9.68 Å². The second-order valence-corrected chi connectivity index (χ2v) is 8.78. The second kappa shape index (κ2) is 8.57. The molecular weight excluding hydrogens is 385 g/mol. The number of nitrogens with two attached hydrogens (primary N) is 1. The molecular formula is C23H22FN3OS. The van der Waals surface area contributed by atoms with Gasteiger partial charge in [0.2, 0.25) is 0 Å². The Morgan fingerprint density at radius 1 is 0.966 bits per heavy atom. The molecule has 1 heterocycles. The number of benzene rings is 3. The number of carbonyl (C=O) groups is 1. The number of amides is 1. The van der Waals surface area contributed by atoms with Crippen molar-refractivity contribution in [3.05, 3.63) is 78.1 Å². The Kier molecular flexibility index (Phi) is 5.71. The molecule has 1 amide bonds. The van der Waals surface area contributed by atoms with Crippen LogP contribution in [0.5, 0.6) is 0 Å². The molecule has 4 rings (SSSR count). The van der Waals surface area contributed by atoms with Crippen molar-refractivity contribution in [1.82, 2.24) is 0 Å². The average Bonchev–Trinajstić information content (AvgIpc) is 2.76. The zero-order valence-corrected chi connectivity index (χ0v) is 16.7. The van der Waals surface area contributed by atoms with E-state index in [1.165, 1.54) is 29.9 Å². The van der Waals surface area contributed by atoms with Gasteiger partial charge >= 0.3 is 0 Å². The van der Waals surface area contributed by atoms with Crippen molar-refractivity contribution in [2.75, 3.05) is 23.3 Å². The van der Waals surface area contributed by atoms with Crippen LogP contribution in [0.1, 0.15) is 23.2 Å². The van der Waals surface area contributed by atoms with Gasteiger partial charge in [-0.15, -0.1) is 0 Å². The smallest absolute Gasteiger partial charge is 0.255 e. The second-order valence-electron chi connectivity index (χ2n) is 6.92. The van der Waals surface area contributed by atoms with E-state index in [1.807, 2.05) is 30.3 Å². The SMILES string of the molecule is Nc1ccc(-c2ccc(F)cc2)cc1NC(=O)c1ccc(S2=NCCCC2)cc1. The third-order valence-corrected chi connectivity index (χ3v) is 6.85. The van der Waals surface area contributed by atoms with Crippen molar-refractivity contribution in [3.8, 4) is 11.1 Å². The maximum atomic E-state index is 13.2. The van der Waals surface area contributed by atoms with Crippen LogP contribution in [-0.2, 0) is 10.7 Å². The molecule has 0 bridgehead atoms. The topological polar surface area (TPSA) is 67.5 Å². The number of hydrogen-bond acceptors (Lipinski definition) is 3. The number of carbonyl (C=O) groups excluding carboxylic acids is 1. The maximum Gasteiger partial charge on any atom is 0.255 e. The molecule has 6 heteroatoms. The minimum absolute atomic E-state index is 0.0506. The lowest BCUT2D eigenvalue weighted by molar-refractivity contribution is 0.102. The first-order valence-electron chi connectivity index (χ1n) is 9.55. The van der Waals surface area contributed by atoms with E-state index >= 15 is 0 Å². The van der Waals surface area contributed by atoms with E-state index in [4.69, 9.17) is 5.73 Å². The molecule has 0 saturated heterocycles. The van der Waals surface area contributed by atoms with Gasteiger partial charge in [0, 0.05) is 22.8 Å². The van der Waals surface area contributed by atoms with Crippen molar-refractivity contribution in [1.29, 1.82) is 0 Å². The van der Waals surface area contributed by atoms with E-state index in [0.29, 0.717) is 16.9 Å². The Labute approximate surface area is 172 Å². The predicted octanol–water partition coefficient (Wildman–Crippen LogP) is 5.28. The van der Waals surface area contributed by atoms with Crippen LogP contribution >= 0.6 is 0 Å². The van der Waals surface area contributed by atoms with Crippen molar-refractivity contribution in [2.45, 2.75) is 17.7 Å². The fourth-order valence-corrected chi connectivity index (χ4v) is 5.02. The minimum Gasteiger partial charge on any atom is -0.397 e. The predicted molar refractivity (Wildman–Crippen MR) is 118 cm³/mol. The van der Waals surface area contributed by atoms with E-state index in [1.54, 1.807) is 24.3 Å². The summed E-state index contributed by atoms with van der Waals surface area (Å²) in [4.78, 5) is 13.9. The zero-order valence-electron chi connectivity index (χ0n) is 15.9. The highest BCUT2D eigenvalue weighted by molar-refractivity contribution is 7.87. The quantitative estimate of drug-likeness (QED) is 0.578. The zero-order chi connectivity index (χ0) is 20.2. The van der Waals surface area contributed by atoms with Gasteiger partial charge in [-0.1, -0.05) is 28.9 Å². The van der Waals surface area contributed by atoms with Gasteiger partial charge in [-0.3, -0.25) is 9.16 Å². The van der Waals surface area contributed by atoms with E-state index in [9.17, 15) is 9.18 Å². The molecule has 0 spiro atoms. The summed E-state index contributed by atoms with van der Waals surface area (Å²) in [7, 11) is -0.0506. The van der Waals surface area contributed by atoms with Crippen molar-refractivity contribution in [2.24, 2.45) is 4.36 Å². The standard InChI is InChI=1S/C23H22FN3OS/c24-19-8-3-16(4-9-19)18-7-12-21(25)22(15-18)27-23(28)17-5-10-20(11-6-17)29-14-2-1-13-26-29/h3-12,15H,1-2,13-14,25H2,(H,27,28). The highest BCUT2D eigenvalue weighted by atomic mass is 32.2. The number of nitrogen functional groups attached to an aromatic ring is 1. The molecule has 1 aliphatic rings. The molecule has 3 aromatic rings. The van der Waals surface area contributed by atoms with Gasteiger partial charge in [-0.05, 0) is 72.5 Å². The van der Waals surface area contributed by atoms with E-state index < -0.39 is 0 Å². The molecule has 1 atom stereocenters. The highest BCUT2D eigenvalue weighted by Gasteiger charge is 2.11. The molecule has 4 nitrogen and oxygen atoms in total. The molecule has 3 aromatic carbocycles. The summed E-state index contributed by atoms with van der Waals surface area (Å²) < 4.78 is 17.9. The number of nitrogens with one attached hydrogen (secondary N) is 1. The number of rotatable bonds is 4. The Morgan fingerprint density at radius 2 is 1.69 bits per heavy atom. The lowest BCUT2D eigenvalue weighted by Gasteiger charge is -2.14. The van der Waals surface area contributed by atoms with E-state index in [0.717, 1.165) is 23.4 Å². The van der Waals surface area contributed by atoms with Crippen LogP contribution in [0.25, 0.3) is 11.1 Å². The summed E-state index contributed by atoms with van der Waals surface area (Å²) in [6, 6.07) is 19.3. The maximum absolute atomic E-state index is 13.2. The highest BCUT2D eigenvalue weighted by Crippen LogP contribution is 2.28. The van der Waals surface area contributed by atoms with Crippen molar-refractivity contribution >= 4 is 28.0 Å². The van der Waals surface area contributed by atoms with Crippen LogP contribution in [0.2, 0.25) is 0 Å². The molecule has 29 heavy (non-hydrogen) atoms. The summed E-state index contributed by atoms with van der Waals surface area (Å²) in [5.74, 6) is 0.587. The van der Waals surface area contributed by atoms with Gasteiger partial charge in [0.25, 0.3) is 5.91 Å². The van der Waals surface area contributed by atoms with Gasteiger partial charge in [0.05, 0.1) is 11.4 Å². The third-order valence-electron chi connectivity index (χ3n) is 4.86. The van der Waals surface area contributed by atoms with Gasteiger partial charge < -0.3 is 11.1 Å². The molecule has 0 fully saturated rings. The lowest BCUT2D eigenvalue weighted by atomic mass is 10.0. The van der Waals surface area contributed by atoms with Crippen molar-refractivity contribution < 1.29 is 9.18 Å². The fourth-order valence-electron chi connectivity index (χ4n) is 3.23. The fraction of sp³-hybridized carbons (Fsp3) is 0.174. The van der Waals surface area contributed by atoms with Gasteiger partial charge in [0.1, 0.15) is 5.82 Å². The third kappa shape index (κ3) is 4.54. The van der Waals surface area contributed by atoms with Crippen LogP contribution in [-0.4, -0.2) is 18.2 Å². The molecule has 0 radical (unpaired) electrons. The minimum atomic E-state index is -0.289. The molecule has 148 valence electrons. The van der Waals surface area contributed by atoms with Crippen molar-refractivity contribution in [3.63, 3.8) is 0 Å². The van der Waals surface area contributed by atoms with Crippen LogP contribution < -0.4 is 11.1 Å². The molecule has 0 aromatic heterocycles. The average molecular weight is 408 g/mol. The van der Waals surface area contributed by atoms with Crippen LogP contribution in [0.3, 0.4) is 0 Å². The lowest BCUT2D eigenvalue weighted by Crippen LogP contribution is -2.13. The van der Waals surface area contributed by atoms with Gasteiger partial charge in [0.15, 0.2) is 0 Å². The summed E-state index contributed by atoms with van der Waals surface area (Å²) >= 11 is 0. The monoisotopic (exact) mass is 407 g/mol. The van der Waals surface area contributed by atoms with Gasteiger partial charge in [-0.25, -0.2) is 4.39 Å². The Morgan fingerprint density at radius 3 is 2.38 bits per heavy atom. The Hall–Kier alpha value is -2.99. The number of nitrogens with zero attached hydrogens (tertiary/aromatic N) is 1. The van der Waals surface area contributed by atoms with Crippen LogP contribution in [0, 0.1) is 5.82 Å². The first-order chi connectivity index (χ1) is 14.1. The molecule has 3 N–H and O–H groups in total. The number of halogens is 1. The Bertz CT molecular complexity index is 1060. The molecule has 0 aliphatic carbocycles. The first kappa shape index (κ1) is 19.3. The molecule has 0 saturated carbocycles. The largest absolute Gasteiger partial charge is 0.397 e. The Balaban J connectivity index is 1.52. The number of hydrogen-bond donors (Lipinski definition) is 2. The summed E-state index contributed by atoms with van der Waals surface area (Å²) in [5, 5.41) is 2.89. The molecule has 1 aliphatic heterocycles. The van der Waals surface area contributed by atoms with Crippen LogP contribution in [0.15, 0.2) is 76.0 Å². The first-order valence-corrected chi connectivity index (χ1v) is 10.9. The number of anilines is 2. The van der Waals surface area contributed by atoms with Gasteiger partial charge in [-0.2, -0.15) is 0 Å². The summed E-state index contributed by atoms with van der Waals surface area (Å²) in [6.45, 7) is 0.926. The summed E-state index contributed by atoms with van der Waals surface area (Å²) in [6.07, 6.45) is 2.38.